The van der Waals surface area contributed by atoms with Gasteiger partial charge in [0.2, 0.25) is 11.7 Å². The molecule has 0 spiro atoms. The maximum atomic E-state index is 13.1. The molecule has 1 aliphatic heterocycles. The average molecular weight is 381 g/mol. The van der Waals surface area contributed by atoms with Crippen LogP contribution in [0.1, 0.15) is 31.2 Å². The topological polar surface area (TPSA) is 68.5 Å². The summed E-state index contributed by atoms with van der Waals surface area (Å²) in [6.45, 7) is 0.579. The third kappa shape index (κ3) is 4.03. The predicted octanol–water partition coefficient (Wildman–Crippen LogP) is 4.01. The predicted molar refractivity (Wildman–Crippen MR) is 99.9 cm³/mol. The number of hydrogen-bond acceptors (Lipinski definition) is 5. The largest absolute Gasteiger partial charge is 0.484 e. The lowest BCUT2D eigenvalue weighted by Gasteiger charge is -2.33. The number of aromatic nitrogens is 2. The summed E-state index contributed by atoms with van der Waals surface area (Å²) >= 11 is 0. The Morgan fingerprint density at radius 2 is 1.93 bits per heavy atom. The van der Waals surface area contributed by atoms with E-state index >= 15 is 0 Å². The summed E-state index contributed by atoms with van der Waals surface area (Å²) in [6, 6.07) is 14.9. The van der Waals surface area contributed by atoms with Crippen LogP contribution in [-0.4, -0.2) is 34.1 Å². The summed E-state index contributed by atoms with van der Waals surface area (Å²) in [5.74, 6) is 0.992. The third-order valence-corrected chi connectivity index (χ3v) is 4.76. The molecule has 0 N–H and O–H groups in total. The van der Waals surface area contributed by atoms with Crippen molar-refractivity contribution in [1.29, 1.82) is 0 Å². The number of halogens is 1. The molecule has 1 fully saturated rings. The minimum atomic E-state index is -0.324. The SMILES string of the molecule is O=C(COc1ccccc1)N1CCCCC1c1nc(-c2ccc(F)cc2)no1. The van der Waals surface area contributed by atoms with Crippen molar-refractivity contribution >= 4 is 5.91 Å². The second kappa shape index (κ2) is 8.21. The van der Waals surface area contributed by atoms with E-state index in [1.807, 2.05) is 30.3 Å². The number of nitrogens with zero attached hydrogens (tertiary/aromatic N) is 3. The Kier molecular flexibility index (Phi) is 5.32. The van der Waals surface area contributed by atoms with Gasteiger partial charge in [-0.15, -0.1) is 0 Å². The highest BCUT2D eigenvalue weighted by molar-refractivity contribution is 5.78. The van der Waals surface area contributed by atoms with Crippen molar-refractivity contribution in [3.8, 4) is 17.1 Å². The fraction of sp³-hybridized carbons (Fsp3) is 0.286. The smallest absolute Gasteiger partial charge is 0.261 e. The monoisotopic (exact) mass is 381 g/mol. The normalized spacial score (nSPS) is 16.8. The van der Waals surface area contributed by atoms with E-state index in [9.17, 15) is 9.18 Å². The van der Waals surface area contributed by atoms with Crippen LogP contribution in [0.2, 0.25) is 0 Å². The highest BCUT2D eigenvalue weighted by Crippen LogP contribution is 2.31. The molecule has 0 saturated carbocycles. The molecule has 144 valence electrons. The molecule has 1 saturated heterocycles. The highest BCUT2D eigenvalue weighted by atomic mass is 19.1. The summed E-state index contributed by atoms with van der Waals surface area (Å²) < 4.78 is 24.2. The maximum absolute atomic E-state index is 13.1. The molecule has 0 bridgehead atoms. The highest BCUT2D eigenvalue weighted by Gasteiger charge is 2.32. The van der Waals surface area contributed by atoms with Crippen LogP contribution in [0.3, 0.4) is 0 Å². The van der Waals surface area contributed by atoms with Gasteiger partial charge >= 0.3 is 0 Å². The molecular weight excluding hydrogens is 361 g/mol. The number of rotatable bonds is 5. The fourth-order valence-electron chi connectivity index (χ4n) is 3.32. The first-order valence-electron chi connectivity index (χ1n) is 9.27. The first-order valence-corrected chi connectivity index (χ1v) is 9.27. The van der Waals surface area contributed by atoms with E-state index in [-0.39, 0.29) is 24.4 Å². The van der Waals surface area contributed by atoms with E-state index in [0.29, 0.717) is 29.6 Å². The summed E-state index contributed by atoms with van der Waals surface area (Å²) in [4.78, 5) is 18.9. The second-order valence-corrected chi connectivity index (χ2v) is 6.66. The average Bonchev–Trinajstić information content (AvgIpc) is 3.23. The van der Waals surface area contributed by atoms with Crippen molar-refractivity contribution in [2.24, 2.45) is 0 Å². The first kappa shape index (κ1) is 18.2. The maximum Gasteiger partial charge on any atom is 0.261 e. The zero-order valence-electron chi connectivity index (χ0n) is 15.3. The van der Waals surface area contributed by atoms with Crippen molar-refractivity contribution in [2.45, 2.75) is 25.3 Å². The number of carbonyl (C=O) groups excluding carboxylic acids is 1. The molecule has 1 aliphatic rings. The fourth-order valence-corrected chi connectivity index (χ4v) is 3.32. The van der Waals surface area contributed by atoms with E-state index < -0.39 is 0 Å². The van der Waals surface area contributed by atoms with E-state index in [1.54, 1.807) is 17.0 Å². The van der Waals surface area contributed by atoms with Crippen LogP contribution in [0, 0.1) is 5.82 Å². The molecule has 4 rings (SSSR count). The summed E-state index contributed by atoms with van der Waals surface area (Å²) in [6.07, 6.45) is 2.65. The van der Waals surface area contributed by atoms with Gasteiger partial charge < -0.3 is 14.2 Å². The van der Waals surface area contributed by atoms with Crippen molar-refractivity contribution in [1.82, 2.24) is 15.0 Å². The Hall–Kier alpha value is -3.22. The molecule has 0 radical (unpaired) electrons. The number of carbonyl (C=O) groups is 1. The molecule has 2 aromatic carbocycles. The Bertz CT molecular complexity index is 928. The van der Waals surface area contributed by atoms with Crippen LogP contribution in [0.4, 0.5) is 4.39 Å². The molecule has 3 aromatic rings. The number of ether oxygens (including phenoxy) is 1. The zero-order valence-corrected chi connectivity index (χ0v) is 15.3. The Morgan fingerprint density at radius 3 is 2.71 bits per heavy atom. The van der Waals surface area contributed by atoms with Crippen LogP contribution < -0.4 is 4.74 Å². The van der Waals surface area contributed by atoms with E-state index in [2.05, 4.69) is 10.1 Å². The van der Waals surface area contributed by atoms with Gasteiger partial charge in [0.25, 0.3) is 5.91 Å². The molecule has 1 unspecified atom stereocenters. The third-order valence-electron chi connectivity index (χ3n) is 4.76. The summed E-state index contributed by atoms with van der Waals surface area (Å²) in [5.41, 5.74) is 0.664. The molecule has 1 atom stereocenters. The van der Waals surface area contributed by atoms with Crippen LogP contribution in [-0.2, 0) is 4.79 Å². The molecule has 28 heavy (non-hydrogen) atoms. The van der Waals surface area contributed by atoms with Gasteiger partial charge in [0, 0.05) is 12.1 Å². The number of amides is 1. The van der Waals surface area contributed by atoms with Crippen molar-refractivity contribution < 1.29 is 18.4 Å². The molecule has 7 heteroatoms. The van der Waals surface area contributed by atoms with Gasteiger partial charge in [-0.25, -0.2) is 4.39 Å². The summed E-state index contributed by atoms with van der Waals surface area (Å²) in [7, 11) is 0. The lowest BCUT2D eigenvalue weighted by Crippen LogP contribution is -2.41. The van der Waals surface area contributed by atoms with Crippen molar-refractivity contribution in [2.75, 3.05) is 13.2 Å². The second-order valence-electron chi connectivity index (χ2n) is 6.66. The molecule has 1 aromatic heterocycles. The van der Waals surface area contributed by atoms with Crippen LogP contribution >= 0.6 is 0 Å². The number of piperidine rings is 1. The van der Waals surface area contributed by atoms with E-state index in [4.69, 9.17) is 9.26 Å². The molecule has 2 heterocycles. The van der Waals surface area contributed by atoms with Gasteiger partial charge in [0.1, 0.15) is 17.6 Å². The lowest BCUT2D eigenvalue weighted by molar-refractivity contribution is -0.138. The number of para-hydroxylation sites is 1. The number of hydrogen-bond donors (Lipinski definition) is 0. The number of benzene rings is 2. The van der Waals surface area contributed by atoms with Gasteiger partial charge in [0.05, 0.1) is 0 Å². The van der Waals surface area contributed by atoms with Gasteiger partial charge in [-0.3, -0.25) is 4.79 Å². The first-order chi connectivity index (χ1) is 13.7. The van der Waals surface area contributed by atoms with E-state index in [1.165, 1.54) is 12.1 Å². The number of likely N-dealkylation sites (tertiary alicyclic amines) is 1. The van der Waals surface area contributed by atoms with Crippen molar-refractivity contribution in [3.05, 3.63) is 66.3 Å². The van der Waals surface area contributed by atoms with Gasteiger partial charge in [0.15, 0.2) is 6.61 Å². The van der Waals surface area contributed by atoms with Gasteiger partial charge in [-0.05, 0) is 55.7 Å². The summed E-state index contributed by atoms with van der Waals surface area (Å²) in [5, 5.41) is 4.00. The van der Waals surface area contributed by atoms with Crippen molar-refractivity contribution in [3.63, 3.8) is 0 Å². The van der Waals surface area contributed by atoms with Gasteiger partial charge in [-0.2, -0.15) is 4.98 Å². The molecule has 0 aliphatic carbocycles. The Labute approximate surface area is 161 Å². The standard InChI is InChI=1S/C21H20FN3O3/c22-16-11-9-15(10-12-16)20-23-21(28-24-20)18-8-4-5-13-25(18)19(26)14-27-17-6-2-1-3-7-17/h1-3,6-7,9-12,18H,4-5,8,13-14H2. The Morgan fingerprint density at radius 1 is 1.14 bits per heavy atom. The van der Waals surface area contributed by atoms with Gasteiger partial charge in [-0.1, -0.05) is 23.4 Å². The molecular formula is C21H20FN3O3. The minimum absolute atomic E-state index is 0.0422. The lowest BCUT2D eigenvalue weighted by atomic mass is 10.0. The van der Waals surface area contributed by atoms with E-state index in [0.717, 1.165) is 19.3 Å². The van der Waals surface area contributed by atoms with Crippen LogP contribution in [0.5, 0.6) is 5.75 Å². The Balaban J connectivity index is 1.47. The van der Waals surface area contributed by atoms with Crippen LogP contribution in [0.25, 0.3) is 11.4 Å². The minimum Gasteiger partial charge on any atom is -0.484 e. The van der Waals surface area contributed by atoms with Crippen LogP contribution in [0.15, 0.2) is 59.1 Å². The quantitative estimate of drug-likeness (QED) is 0.668. The zero-order chi connectivity index (χ0) is 19.3. The molecule has 1 amide bonds. The molecule has 6 nitrogen and oxygen atoms in total.